The monoisotopic (exact) mass is 507 g/mol. The van der Waals surface area contributed by atoms with Gasteiger partial charge in [-0.1, -0.05) is 12.1 Å². The number of allylic oxidation sites excluding steroid dienone is 3. The lowest BCUT2D eigenvalue weighted by atomic mass is 9.71. The summed E-state index contributed by atoms with van der Waals surface area (Å²) in [4.78, 5) is 27.0. The Labute approximate surface area is 217 Å². The minimum atomic E-state index is -0.630. The zero-order valence-corrected chi connectivity index (χ0v) is 22.1. The van der Waals surface area contributed by atoms with E-state index >= 15 is 0 Å². The van der Waals surface area contributed by atoms with Crippen molar-refractivity contribution in [1.82, 2.24) is 5.32 Å². The number of hydrogen-bond acceptors (Lipinski definition) is 8. The zero-order valence-electron chi connectivity index (χ0n) is 22.1. The maximum atomic E-state index is 13.8. The SMILES string of the molecule is CCOC(=O)C1=C(C)NC2=C(C(=O)C[C@H](c3ccc(OC)c(OC)c3)C2)[C@@H]1c1ccc(OC)cc1OC. The standard InChI is InChI=1S/C29H33NO7/c1-7-37-29(32)26-16(2)30-21-12-18(17-8-11-23(34-4)25(14-17)36-6)13-22(31)28(21)27(26)20-10-9-19(33-3)15-24(20)35-5/h8-11,14-15,18,27,30H,7,12-13H2,1-6H3/t18-,27-/m1/s1. The summed E-state index contributed by atoms with van der Waals surface area (Å²) >= 11 is 0. The summed E-state index contributed by atoms with van der Waals surface area (Å²) in [6, 6.07) is 11.1. The Morgan fingerprint density at radius 2 is 1.65 bits per heavy atom. The Morgan fingerprint density at radius 3 is 2.30 bits per heavy atom. The van der Waals surface area contributed by atoms with Crippen LogP contribution >= 0.6 is 0 Å². The van der Waals surface area contributed by atoms with Crippen molar-refractivity contribution in [2.45, 2.75) is 38.5 Å². The molecule has 2 aliphatic rings. The van der Waals surface area contributed by atoms with Crippen molar-refractivity contribution < 1.29 is 33.3 Å². The Hall–Kier alpha value is -3.94. The van der Waals surface area contributed by atoms with Gasteiger partial charge in [-0.3, -0.25) is 4.79 Å². The van der Waals surface area contributed by atoms with Crippen LogP contribution in [0, 0.1) is 0 Å². The van der Waals surface area contributed by atoms with E-state index in [-0.39, 0.29) is 18.3 Å². The van der Waals surface area contributed by atoms with Gasteiger partial charge in [0.25, 0.3) is 0 Å². The van der Waals surface area contributed by atoms with Crippen molar-refractivity contribution in [3.05, 3.63) is 70.1 Å². The second-order valence-electron chi connectivity index (χ2n) is 8.96. The Bertz CT molecular complexity index is 1280. The number of nitrogens with one attached hydrogen (secondary N) is 1. The molecule has 0 saturated heterocycles. The van der Waals surface area contributed by atoms with Crippen LogP contribution in [0.1, 0.15) is 49.7 Å². The van der Waals surface area contributed by atoms with Gasteiger partial charge in [0.1, 0.15) is 11.5 Å². The van der Waals surface area contributed by atoms with Crippen LogP contribution in [0.3, 0.4) is 0 Å². The van der Waals surface area contributed by atoms with Crippen molar-refractivity contribution in [3.63, 3.8) is 0 Å². The molecular formula is C29H33NO7. The van der Waals surface area contributed by atoms with Crippen LogP contribution in [0.15, 0.2) is 58.9 Å². The van der Waals surface area contributed by atoms with Crippen molar-refractivity contribution in [1.29, 1.82) is 0 Å². The molecule has 2 aromatic carbocycles. The first-order chi connectivity index (χ1) is 17.9. The van der Waals surface area contributed by atoms with Crippen molar-refractivity contribution >= 4 is 11.8 Å². The van der Waals surface area contributed by atoms with E-state index in [1.54, 1.807) is 47.5 Å². The minimum Gasteiger partial charge on any atom is -0.497 e. The Balaban J connectivity index is 1.82. The van der Waals surface area contributed by atoms with Gasteiger partial charge in [0.15, 0.2) is 17.3 Å². The molecule has 1 heterocycles. The van der Waals surface area contributed by atoms with E-state index in [0.29, 0.717) is 58.2 Å². The molecule has 4 rings (SSSR count). The number of dihydropyridines is 1. The van der Waals surface area contributed by atoms with Gasteiger partial charge >= 0.3 is 5.97 Å². The molecule has 2 aromatic rings. The minimum absolute atomic E-state index is 0.0364. The number of rotatable bonds is 8. The van der Waals surface area contributed by atoms with Crippen molar-refractivity contribution in [2.24, 2.45) is 0 Å². The maximum absolute atomic E-state index is 13.8. The van der Waals surface area contributed by atoms with Crippen LogP contribution in [0.2, 0.25) is 0 Å². The zero-order chi connectivity index (χ0) is 26.7. The molecule has 0 fully saturated rings. The van der Waals surface area contributed by atoms with Crippen LogP contribution in [-0.2, 0) is 14.3 Å². The number of benzene rings is 2. The number of methoxy groups -OCH3 is 4. The molecule has 0 aromatic heterocycles. The summed E-state index contributed by atoms with van der Waals surface area (Å²) in [7, 11) is 6.32. The van der Waals surface area contributed by atoms with E-state index in [4.69, 9.17) is 23.7 Å². The van der Waals surface area contributed by atoms with E-state index in [1.807, 2.05) is 31.2 Å². The molecule has 0 bridgehead atoms. The first kappa shape index (κ1) is 26.1. The third-order valence-corrected chi connectivity index (χ3v) is 6.95. The number of carbonyl (C=O) groups excluding carboxylic acids is 2. The average molecular weight is 508 g/mol. The average Bonchev–Trinajstić information content (AvgIpc) is 2.91. The van der Waals surface area contributed by atoms with Crippen molar-refractivity contribution in [2.75, 3.05) is 35.0 Å². The summed E-state index contributed by atoms with van der Waals surface area (Å²) < 4.78 is 27.3. The molecule has 8 heteroatoms. The number of ketones is 1. The molecule has 1 aliphatic carbocycles. The van der Waals surface area contributed by atoms with Crippen LogP contribution in [-0.4, -0.2) is 46.8 Å². The molecule has 0 radical (unpaired) electrons. The number of ether oxygens (including phenoxy) is 5. The fourth-order valence-corrected chi connectivity index (χ4v) is 5.23. The van der Waals surface area contributed by atoms with Crippen LogP contribution < -0.4 is 24.3 Å². The van der Waals surface area contributed by atoms with Crippen LogP contribution in [0.4, 0.5) is 0 Å². The molecule has 37 heavy (non-hydrogen) atoms. The molecule has 196 valence electrons. The van der Waals surface area contributed by atoms with E-state index in [2.05, 4.69) is 5.32 Å². The summed E-state index contributed by atoms with van der Waals surface area (Å²) in [6.07, 6.45) is 0.888. The molecule has 1 aliphatic heterocycles. The molecule has 8 nitrogen and oxygen atoms in total. The molecule has 1 N–H and O–H groups in total. The second kappa shape index (κ2) is 11.0. The number of hydrogen-bond donors (Lipinski definition) is 1. The largest absolute Gasteiger partial charge is 0.497 e. The molecule has 2 atom stereocenters. The molecule has 0 amide bonds. The first-order valence-electron chi connectivity index (χ1n) is 12.2. The van der Waals surface area contributed by atoms with Gasteiger partial charge in [-0.25, -0.2) is 4.79 Å². The molecule has 0 unspecified atom stereocenters. The van der Waals surface area contributed by atoms with Gasteiger partial charge in [0.2, 0.25) is 0 Å². The van der Waals surface area contributed by atoms with Gasteiger partial charge in [-0.2, -0.15) is 0 Å². The van der Waals surface area contributed by atoms with E-state index < -0.39 is 11.9 Å². The second-order valence-corrected chi connectivity index (χ2v) is 8.96. The fraction of sp³-hybridized carbons (Fsp3) is 0.379. The number of esters is 1. The van der Waals surface area contributed by atoms with Crippen LogP contribution in [0.5, 0.6) is 23.0 Å². The third-order valence-electron chi connectivity index (χ3n) is 6.95. The topological polar surface area (TPSA) is 92.3 Å². The van der Waals surface area contributed by atoms with Gasteiger partial charge < -0.3 is 29.0 Å². The lowest BCUT2D eigenvalue weighted by Crippen LogP contribution is -2.36. The predicted molar refractivity (Wildman–Crippen MR) is 138 cm³/mol. The van der Waals surface area contributed by atoms with E-state index in [1.165, 1.54) is 0 Å². The smallest absolute Gasteiger partial charge is 0.336 e. The summed E-state index contributed by atoms with van der Waals surface area (Å²) in [5.74, 6) is 1.21. The summed E-state index contributed by atoms with van der Waals surface area (Å²) in [5, 5.41) is 3.36. The van der Waals surface area contributed by atoms with Gasteiger partial charge in [0.05, 0.1) is 46.5 Å². The molecule has 0 spiro atoms. The molecular weight excluding hydrogens is 474 g/mol. The predicted octanol–water partition coefficient (Wildman–Crippen LogP) is 4.65. The van der Waals surface area contributed by atoms with E-state index in [9.17, 15) is 9.59 Å². The lowest BCUT2D eigenvalue weighted by molar-refractivity contribution is -0.138. The first-order valence-corrected chi connectivity index (χ1v) is 12.2. The van der Waals surface area contributed by atoms with E-state index in [0.717, 1.165) is 11.3 Å². The summed E-state index contributed by atoms with van der Waals surface area (Å²) in [5.41, 5.74) is 4.11. The summed E-state index contributed by atoms with van der Waals surface area (Å²) in [6.45, 7) is 3.82. The van der Waals surface area contributed by atoms with Gasteiger partial charge in [0, 0.05) is 35.0 Å². The number of carbonyl (C=O) groups is 2. The van der Waals surface area contributed by atoms with Gasteiger partial charge in [-0.05, 0) is 49.9 Å². The van der Waals surface area contributed by atoms with Crippen LogP contribution in [0.25, 0.3) is 0 Å². The Morgan fingerprint density at radius 1 is 0.919 bits per heavy atom. The third kappa shape index (κ3) is 4.88. The van der Waals surface area contributed by atoms with Gasteiger partial charge in [-0.15, -0.1) is 0 Å². The van der Waals surface area contributed by atoms with Crippen molar-refractivity contribution in [3.8, 4) is 23.0 Å². The quantitative estimate of drug-likeness (QED) is 0.517. The lowest BCUT2D eigenvalue weighted by Gasteiger charge is -2.37. The normalized spacial score (nSPS) is 19.1. The number of Topliss-reactive ketones (excluding diaryl/α,β-unsaturated/α-hetero) is 1. The highest BCUT2D eigenvalue weighted by Crippen LogP contribution is 2.48. The highest BCUT2D eigenvalue weighted by molar-refractivity contribution is 6.04. The maximum Gasteiger partial charge on any atom is 0.336 e. The fourth-order valence-electron chi connectivity index (χ4n) is 5.23. The Kier molecular flexibility index (Phi) is 7.76. The highest BCUT2D eigenvalue weighted by atomic mass is 16.5. The highest BCUT2D eigenvalue weighted by Gasteiger charge is 2.42. The molecule has 0 saturated carbocycles.